The second-order valence-electron chi connectivity index (χ2n) is 5.21. The van der Waals surface area contributed by atoms with Crippen molar-refractivity contribution in [3.05, 3.63) is 18.2 Å². The average Bonchev–Trinajstić information content (AvgIpc) is 2.46. The molecular weight excluding hydrogens is 268 g/mol. The highest BCUT2D eigenvalue weighted by Gasteiger charge is 2.09. The summed E-state index contributed by atoms with van der Waals surface area (Å²) in [4.78, 5) is 11.8. The predicted octanol–water partition coefficient (Wildman–Crippen LogP) is 2.68. The van der Waals surface area contributed by atoms with Crippen LogP contribution < -0.4 is 15.8 Å². The van der Waals surface area contributed by atoms with Gasteiger partial charge in [-0.3, -0.25) is 4.79 Å². The Morgan fingerprint density at radius 3 is 2.90 bits per heavy atom. The van der Waals surface area contributed by atoms with E-state index in [-0.39, 0.29) is 17.6 Å². The van der Waals surface area contributed by atoms with Crippen molar-refractivity contribution in [1.82, 2.24) is 0 Å². The normalized spacial score (nSPS) is 12.0. The van der Waals surface area contributed by atoms with Gasteiger partial charge in [0.2, 0.25) is 0 Å². The molecule has 1 atom stereocenters. The first-order valence-corrected chi connectivity index (χ1v) is 7.45. The molecule has 0 spiro atoms. The van der Waals surface area contributed by atoms with E-state index in [1.165, 1.54) is 7.11 Å². The third-order valence-corrected chi connectivity index (χ3v) is 3.33. The van der Waals surface area contributed by atoms with E-state index in [9.17, 15) is 9.90 Å². The molecule has 1 rings (SSSR count). The fourth-order valence-electron chi connectivity index (χ4n) is 2.10. The number of ether oxygens (including phenoxy) is 1. The molecule has 118 valence electrons. The van der Waals surface area contributed by atoms with Crippen LogP contribution in [0.4, 0.5) is 5.69 Å². The van der Waals surface area contributed by atoms with Gasteiger partial charge in [-0.15, -0.1) is 0 Å². The molecule has 0 saturated heterocycles. The number of phenols is 1. The van der Waals surface area contributed by atoms with Gasteiger partial charge in [-0.2, -0.15) is 0 Å². The maximum Gasteiger partial charge on any atom is 0.162 e. The summed E-state index contributed by atoms with van der Waals surface area (Å²) in [7, 11) is 1.50. The van der Waals surface area contributed by atoms with Crippen LogP contribution in [-0.4, -0.2) is 30.6 Å². The summed E-state index contributed by atoms with van der Waals surface area (Å²) >= 11 is 0. The summed E-state index contributed by atoms with van der Waals surface area (Å²) < 4.78 is 5.03. The van der Waals surface area contributed by atoms with E-state index in [1.807, 2.05) is 0 Å². The molecule has 0 aliphatic rings. The fraction of sp³-hybridized carbons (Fsp3) is 0.562. The second kappa shape index (κ2) is 9.23. The summed E-state index contributed by atoms with van der Waals surface area (Å²) in [6, 6.07) is 4.98. The van der Waals surface area contributed by atoms with Crippen molar-refractivity contribution < 1.29 is 14.6 Å². The van der Waals surface area contributed by atoms with Crippen LogP contribution in [0.3, 0.4) is 0 Å². The maximum absolute atomic E-state index is 11.8. The number of methoxy groups -OCH3 is 1. The first-order valence-electron chi connectivity index (χ1n) is 7.45. The number of aromatic hydroxyl groups is 1. The summed E-state index contributed by atoms with van der Waals surface area (Å²) in [6.07, 6.45) is 3.97. The van der Waals surface area contributed by atoms with Gasteiger partial charge in [0.05, 0.1) is 7.11 Å². The zero-order valence-corrected chi connectivity index (χ0v) is 12.9. The Labute approximate surface area is 126 Å². The van der Waals surface area contributed by atoms with E-state index >= 15 is 0 Å². The molecule has 0 amide bonds. The van der Waals surface area contributed by atoms with Crippen LogP contribution in [0.25, 0.3) is 0 Å². The lowest BCUT2D eigenvalue weighted by Gasteiger charge is -2.11. The smallest absolute Gasteiger partial charge is 0.162 e. The van der Waals surface area contributed by atoms with Gasteiger partial charge >= 0.3 is 0 Å². The summed E-state index contributed by atoms with van der Waals surface area (Å²) in [5.74, 6) is 0.686. The average molecular weight is 294 g/mol. The molecule has 5 nitrogen and oxygen atoms in total. The van der Waals surface area contributed by atoms with Crippen molar-refractivity contribution in [2.45, 2.75) is 45.1 Å². The van der Waals surface area contributed by atoms with Crippen LogP contribution in [0, 0.1) is 0 Å². The van der Waals surface area contributed by atoms with E-state index in [1.54, 1.807) is 18.2 Å². The Morgan fingerprint density at radius 2 is 2.24 bits per heavy atom. The third kappa shape index (κ3) is 6.49. The van der Waals surface area contributed by atoms with E-state index in [0.717, 1.165) is 24.9 Å². The molecule has 0 aliphatic heterocycles. The SMILES string of the molecule is CCCC[C@H](N)CC(=O)CCNc1ccc(O)c(OC)c1. The molecule has 0 heterocycles. The maximum atomic E-state index is 11.8. The zero-order chi connectivity index (χ0) is 15.7. The first-order chi connectivity index (χ1) is 10.1. The number of carbonyl (C=O) groups is 1. The zero-order valence-electron chi connectivity index (χ0n) is 12.9. The molecule has 0 radical (unpaired) electrons. The van der Waals surface area contributed by atoms with Crippen molar-refractivity contribution in [1.29, 1.82) is 0 Å². The van der Waals surface area contributed by atoms with Crippen LogP contribution in [0.5, 0.6) is 11.5 Å². The Hall–Kier alpha value is -1.75. The Kier molecular flexibility index (Phi) is 7.61. The number of hydrogen-bond acceptors (Lipinski definition) is 5. The van der Waals surface area contributed by atoms with Gasteiger partial charge in [-0.05, 0) is 18.6 Å². The first kappa shape index (κ1) is 17.3. The monoisotopic (exact) mass is 294 g/mol. The number of benzene rings is 1. The lowest BCUT2D eigenvalue weighted by molar-refractivity contribution is -0.119. The van der Waals surface area contributed by atoms with Crippen molar-refractivity contribution in [3.8, 4) is 11.5 Å². The molecule has 0 bridgehead atoms. The van der Waals surface area contributed by atoms with Gasteiger partial charge in [-0.25, -0.2) is 0 Å². The molecule has 0 saturated carbocycles. The summed E-state index contributed by atoms with van der Waals surface area (Å²) in [5, 5.41) is 12.6. The number of rotatable bonds is 10. The molecule has 5 heteroatoms. The minimum atomic E-state index is -0.0220. The standard InChI is InChI=1S/C16H26N2O3/c1-3-4-5-12(17)10-14(19)8-9-18-13-6-7-15(20)16(11-13)21-2/h6-7,11-12,18,20H,3-5,8-10,17H2,1-2H3/t12-/m0/s1. The van der Waals surface area contributed by atoms with Gasteiger partial charge in [0.15, 0.2) is 11.5 Å². The number of ketones is 1. The molecule has 21 heavy (non-hydrogen) atoms. The van der Waals surface area contributed by atoms with Gasteiger partial charge in [-0.1, -0.05) is 19.8 Å². The quantitative estimate of drug-likeness (QED) is 0.578. The van der Waals surface area contributed by atoms with E-state index < -0.39 is 0 Å². The molecule has 0 unspecified atom stereocenters. The highest BCUT2D eigenvalue weighted by molar-refractivity contribution is 5.79. The second-order valence-corrected chi connectivity index (χ2v) is 5.21. The fourth-order valence-corrected chi connectivity index (χ4v) is 2.10. The highest BCUT2D eigenvalue weighted by atomic mass is 16.5. The lowest BCUT2D eigenvalue weighted by atomic mass is 10.0. The Balaban J connectivity index is 2.31. The van der Waals surface area contributed by atoms with Gasteiger partial charge in [0.25, 0.3) is 0 Å². The molecule has 0 aromatic heterocycles. The summed E-state index contributed by atoms with van der Waals surface area (Å²) in [5.41, 5.74) is 6.73. The van der Waals surface area contributed by atoms with E-state index in [4.69, 9.17) is 10.5 Å². The topological polar surface area (TPSA) is 84.6 Å². The third-order valence-electron chi connectivity index (χ3n) is 3.33. The van der Waals surface area contributed by atoms with Crippen molar-refractivity contribution in [2.24, 2.45) is 5.73 Å². The highest BCUT2D eigenvalue weighted by Crippen LogP contribution is 2.28. The number of Topliss-reactive ketones (excluding diaryl/α,β-unsaturated/α-hetero) is 1. The van der Waals surface area contributed by atoms with Crippen LogP contribution in [0.1, 0.15) is 39.0 Å². The number of phenolic OH excluding ortho intramolecular Hbond substituents is 1. The minimum absolute atomic E-state index is 0.0220. The Bertz CT molecular complexity index is 449. The number of carbonyl (C=O) groups excluding carboxylic acids is 1. The van der Waals surface area contributed by atoms with Crippen LogP contribution >= 0.6 is 0 Å². The summed E-state index contributed by atoms with van der Waals surface area (Å²) in [6.45, 7) is 2.66. The van der Waals surface area contributed by atoms with Crippen molar-refractivity contribution in [3.63, 3.8) is 0 Å². The molecule has 0 fully saturated rings. The number of nitrogens with one attached hydrogen (secondary N) is 1. The van der Waals surface area contributed by atoms with E-state index in [0.29, 0.717) is 25.1 Å². The largest absolute Gasteiger partial charge is 0.504 e. The van der Waals surface area contributed by atoms with Crippen LogP contribution in [-0.2, 0) is 4.79 Å². The lowest BCUT2D eigenvalue weighted by Crippen LogP contribution is -2.24. The number of anilines is 1. The number of unbranched alkanes of at least 4 members (excludes halogenated alkanes) is 1. The minimum Gasteiger partial charge on any atom is -0.504 e. The van der Waals surface area contributed by atoms with Crippen LogP contribution in [0.15, 0.2) is 18.2 Å². The van der Waals surface area contributed by atoms with E-state index in [2.05, 4.69) is 12.2 Å². The van der Waals surface area contributed by atoms with Crippen molar-refractivity contribution in [2.75, 3.05) is 19.0 Å². The predicted molar refractivity (Wildman–Crippen MR) is 84.9 cm³/mol. The van der Waals surface area contributed by atoms with Crippen molar-refractivity contribution >= 4 is 11.5 Å². The van der Waals surface area contributed by atoms with Gasteiger partial charge in [0, 0.05) is 37.2 Å². The number of nitrogens with two attached hydrogens (primary N) is 1. The van der Waals surface area contributed by atoms with Gasteiger partial charge in [0.1, 0.15) is 5.78 Å². The van der Waals surface area contributed by atoms with Crippen LogP contribution in [0.2, 0.25) is 0 Å². The number of hydrogen-bond donors (Lipinski definition) is 3. The molecule has 1 aromatic carbocycles. The van der Waals surface area contributed by atoms with Gasteiger partial charge < -0.3 is 20.9 Å². The molecule has 1 aromatic rings. The molecular formula is C16H26N2O3. The molecule has 0 aliphatic carbocycles. The Morgan fingerprint density at radius 1 is 1.48 bits per heavy atom. The molecule has 4 N–H and O–H groups in total.